The van der Waals surface area contributed by atoms with Crippen LogP contribution in [0.2, 0.25) is 0 Å². The van der Waals surface area contributed by atoms with Crippen molar-refractivity contribution in [2.45, 2.75) is 12.5 Å². The molecule has 2 atom stereocenters. The summed E-state index contributed by atoms with van der Waals surface area (Å²) < 4.78 is 10.9. The second kappa shape index (κ2) is 7.84. The van der Waals surface area contributed by atoms with Gasteiger partial charge in [0.2, 0.25) is 0 Å². The lowest BCUT2D eigenvalue weighted by molar-refractivity contribution is -0.144. The maximum Gasteiger partial charge on any atom is 0.313 e. The van der Waals surface area contributed by atoms with Crippen LogP contribution in [0.15, 0.2) is 48.3 Å². The van der Waals surface area contributed by atoms with Crippen LogP contribution in [0.25, 0.3) is 0 Å². The molecule has 2 N–H and O–H groups in total. The van der Waals surface area contributed by atoms with E-state index in [9.17, 15) is 14.7 Å². The Kier molecular flexibility index (Phi) is 5.51. The fourth-order valence-electron chi connectivity index (χ4n) is 3.67. The van der Waals surface area contributed by atoms with Gasteiger partial charge in [-0.25, -0.2) is 0 Å². The number of nitrogens with one attached hydrogen (secondary N) is 1. The van der Waals surface area contributed by atoms with Crippen molar-refractivity contribution in [3.8, 4) is 0 Å². The molecule has 0 aromatic heterocycles. The van der Waals surface area contributed by atoms with E-state index in [-0.39, 0.29) is 11.5 Å². The van der Waals surface area contributed by atoms with E-state index in [0.29, 0.717) is 18.9 Å². The number of allylic oxidation sites excluding steroid dienone is 2. The minimum absolute atomic E-state index is 0.279. The highest BCUT2D eigenvalue weighted by Gasteiger charge is 2.52. The number of methoxy groups -OCH3 is 1. The lowest BCUT2D eigenvalue weighted by atomic mass is 9.75. The fraction of sp³-hybridized carbons (Fsp3) is 0.400. The van der Waals surface area contributed by atoms with Gasteiger partial charge in [0.25, 0.3) is 0 Å². The van der Waals surface area contributed by atoms with Crippen LogP contribution >= 0.6 is 0 Å². The highest BCUT2D eigenvalue weighted by atomic mass is 16.5. The largest absolute Gasteiger partial charge is 0.498 e. The smallest absolute Gasteiger partial charge is 0.313 e. The third-order valence-electron chi connectivity index (χ3n) is 5.04. The molecule has 2 aliphatic rings. The lowest BCUT2D eigenvalue weighted by Gasteiger charge is -2.40. The Hall–Kier alpha value is -2.80. The molecule has 144 valence electrons. The van der Waals surface area contributed by atoms with E-state index in [1.807, 2.05) is 24.3 Å². The van der Waals surface area contributed by atoms with E-state index in [2.05, 4.69) is 10.2 Å². The first kappa shape index (κ1) is 19.0. The van der Waals surface area contributed by atoms with Crippen LogP contribution in [0.5, 0.6) is 0 Å². The van der Waals surface area contributed by atoms with Crippen molar-refractivity contribution in [3.63, 3.8) is 0 Å². The fourth-order valence-corrected chi connectivity index (χ4v) is 3.67. The van der Waals surface area contributed by atoms with E-state index >= 15 is 0 Å². The van der Waals surface area contributed by atoms with Gasteiger partial charge in [-0.15, -0.1) is 0 Å². The first-order valence-electron chi connectivity index (χ1n) is 8.87. The molecule has 1 fully saturated rings. The minimum Gasteiger partial charge on any atom is -0.498 e. The van der Waals surface area contributed by atoms with Gasteiger partial charge in [0, 0.05) is 13.1 Å². The van der Waals surface area contributed by atoms with Gasteiger partial charge in [-0.05, 0) is 25.1 Å². The number of rotatable bonds is 6. The van der Waals surface area contributed by atoms with Crippen LogP contribution in [0.4, 0.5) is 11.4 Å². The molecule has 3 rings (SSSR count). The molecule has 2 unspecified atom stereocenters. The number of carboxylic acids is 1. The van der Waals surface area contributed by atoms with E-state index in [4.69, 9.17) is 9.47 Å². The monoisotopic (exact) mass is 372 g/mol. The van der Waals surface area contributed by atoms with Crippen molar-refractivity contribution >= 4 is 23.1 Å². The number of ether oxygens (including phenoxy) is 2. The van der Waals surface area contributed by atoms with Crippen LogP contribution in [0.1, 0.15) is 6.92 Å². The van der Waals surface area contributed by atoms with E-state index < -0.39 is 17.4 Å². The van der Waals surface area contributed by atoms with Gasteiger partial charge in [-0.3, -0.25) is 9.59 Å². The maximum absolute atomic E-state index is 12.8. The molecule has 1 aromatic rings. The highest BCUT2D eigenvalue weighted by Crippen LogP contribution is 2.39. The molecular weight excluding hydrogens is 348 g/mol. The average molecular weight is 372 g/mol. The molecule has 7 nitrogen and oxygen atoms in total. The number of Topliss-reactive ketones (excluding diaryl/α,β-unsaturated/α-hetero) is 1. The number of hydrogen-bond donors (Lipinski definition) is 2. The summed E-state index contributed by atoms with van der Waals surface area (Å²) in [6.07, 6.45) is 4.75. The molecule has 1 saturated heterocycles. The third-order valence-corrected chi connectivity index (χ3v) is 5.04. The number of carboxylic acid groups (broad SMARTS) is 1. The minimum atomic E-state index is -1.52. The van der Waals surface area contributed by atoms with Gasteiger partial charge in [-0.1, -0.05) is 24.3 Å². The topological polar surface area (TPSA) is 88.1 Å². The molecule has 7 heteroatoms. The molecule has 1 aliphatic heterocycles. The molecule has 0 amide bonds. The second-order valence-corrected chi connectivity index (χ2v) is 6.54. The zero-order chi connectivity index (χ0) is 19.4. The molecule has 27 heavy (non-hydrogen) atoms. The van der Waals surface area contributed by atoms with Crippen molar-refractivity contribution in [2.75, 3.05) is 43.6 Å². The Balaban J connectivity index is 2.07. The van der Waals surface area contributed by atoms with Gasteiger partial charge in [0.15, 0.2) is 11.3 Å². The number of carbonyl (C=O) groups excluding carboxylic acids is 1. The number of para-hydroxylation sites is 2. The summed E-state index contributed by atoms with van der Waals surface area (Å²) >= 11 is 0. The summed E-state index contributed by atoms with van der Waals surface area (Å²) in [6.45, 7) is 4.07. The maximum atomic E-state index is 12.8. The van der Waals surface area contributed by atoms with Crippen LogP contribution in [0, 0.1) is 5.92 Å². The van der Waals surface area contributed by atoms with E-state index in [1.54, 1.807) is 12.2 Å². The van der Waals surface area contributed by atoms with Gasteiger partial charge in [0.05, 0.1) is 31.7 Å². The standard InChI is InChI=1S/C20H24N2O5/c1-14(23)20(15(19(24)25)6-5-9-18(20)26-2)21-16-7-3-4-8-17(16)22-10-12-27-13-11-22/h3-9,15,21H,10-13H2,1-2H3,(H,24,25). The number of morpholine rings is 1. The Labute approximate surface area is 158 Å². The Morgan fingerprint density at radius 3 is 2.63 bits per heavy atom. The summed E-state index contributed by atoms with van der Waals surface area (Å²) in [6, 6.07) is 7.57. The molecule has 0 saturated carbocycles. The number of benzene rings is 1. The van der Waals surface area contributed by atoms with Crippen LogP contribution in [-0.4, -0.2) is 55.8 Å². The van der Waals surface area contributed by atoms with Crippen molar-refractivity contribution < 1.29 is 24.2 Å². The summed E-state index contributed by atoms with van der Waals surface area (Å²) in [5, 5.41) is 13.0. The normalized spacial score (nSPS) is 24.9. The van der Waals surface area contributed by atoms with Gasteiger partial charge in [-0.2, -0.15) is 0 Å². The van der Waals surface area contributed by atoms with E-state index in [1.165, 1.54) is 20.1 Å². The Bertz CT molecular complexity index is 782. The molecule has 1 aliphatic carbocycles. The summed E-state index contributed by atoms with van der Waals surface area (Å²) in [5.41, 5.74) is 0.0623. The number of hydrogen-bond acceptors (Lipinski definition) is 6. The average Bonchev–Trinajstić information content (AvgIpc) is 2.68. The molecule has 0 radical (unpaired) electrons. The Morgan fingerprint density at radius 1 is 1.30 bits per heavy atom. The highest BCUT2D eigenvalue weighted by molar-refractivity contribution is 5.99. The number of anilines is 2. The predicted octanol–water partition coefficient (Wildman–Crippen LogP) is 2.06. The molecule has 0 bridgehead atoms. The third kappa shape index (κ3) is 3.42. The molecule has 1 aromatic carbocycles. The van der Waals surface area contributed by atoms with Crippen LogP contribution in [-0.2, 0) is 19.1 Å². The van der Waals surface area contributed by atoms with Gasteiger partial charge in [0.1, 0.15) is 11.7 Å². The lowest BCUT2D eigenvalue weighted by Crippen LogP contribution is -2.56. The first-order valence-corrected chi connectivity index (χ1v) is 8.87. The van der Waals surface area contributed by atoms with E-state index in [0.717, 1.165) is 18.8 Å². The van der Waals surface area contributed by atoms with Crippen molar-refractivity contribution in [3.05, 3.63) is 48.3 Å². The van der Waals surface area contributed by atoms with Crippen LogP contribution < -0.4 is 10.2 Å². The molecule has 1 heterocycles. The quantitative estimate of drug-likeness (QED) is 0.790. The zero-order valence-electron chi connectivity index (χ0n) is 15.5. The SMILES string of the molecule is COC1=CC=CC(C(=O)O)C1(Nc1ccccc1N1CCOCC1)C(C)=O. The van der Waals surface area contributed by atoms with Crippen molar-refractivity contribution in [1.29, 1.82) is 0 Å². The summed E-state index contributed by atoms with van der Waals surface area (Å²) in [5.74, 6) is -2.24. The van der Waals surface area contributed by atoms with Crippen molar-refractivity contribution in [1.82, 2.24) is 0 Å². The second-order valence-electron chi connectivity index (χ2n) is 6.54. The number of nitrogens with zero attached hydrogens (tertiary/aromatic N) is 1. The van der Waals surface area contributed by atoms with Crippen LogP contribution in [0.3, 0.4) is 0 Å². The molecular formula is C20H24N2O5. The number of ketones is 1. The Morgan fingerprint density at radius 2 is 2.00 bits per heavy atom. The van der Waals surface area contributed by atoms with Crippen molar-refractivity contribution in [2.24, 2.45) is 5.92 Å². The number of aliphatic carboxylic acids is 1. The molecule has 0 spiro atoms. The summed E-state index contributed by atoms with van der Waals surface area (Å²) in [4.78, 5) is 26.9. The zero-order valence-corrected chi connectivity index (χ0v) is 15.5. The van der Waals surface area contributed by atoms with Gasteiger partial charge >= 0.3 is 5.97 Å². The summed E-state index contributed by atoms with van der Waals surface area (Å²) in [7, 11) is 1.44. The number of carbonyl (C=O) groups is 2. The predicted molar refractivity (Wildman–Crippen MR) is 102 cm³/mol. The first-order chi connectivity index (χ1) is 13.0. The van der Waals surface area contributed by atoms with Gasteiger partial charge < -0.3 is 24.8 Å².